The molecule has 0 saturated carbocycles. The van der Waals surface area contributed by atoms with E-state index in [1.807, 2.05) is 6.07 Å². The Labute approximate surface area is 169 Å². The van der Waals surface area contributed by atoms with Crippen LogP contribution in [0, 0.1) is 29.9 Å². The topological polar surface area (TPSA) is 102 Å². The van der Waals surface area contributed by atoms with Crippen molar-refractivity contribution >= 4 is 5.97 Å². The van der Waals surface area contributed by atoms with Gasteiger partial charge < -0.3 is 19.3 Å². The lowest BCUT2D eigenvalue weighted by molar-refractivity contribution is 0.0696. The SMILES string of the molecule is COc1ccc(C(=O)O)cc1Oc1nc(Oc2cccc(C#N)c2)c(F)c(C)c1F. The molecule has 0 fully saturated rings. The van der Waals surface area contributed by atoms with Crippen molar-refractivity contribution in [3.05, 3.63) is 70.8 Å². The van der Waals surface area contributed by atoms with Crippen molar-refractivity contribution in [3.63, 3.8) is 0 Å². The molecule has 1 aromatic heterocycles. The van der Waals surface area contributed by atoms with E-state index in [2.05, 4.69) is 4.98 Å². The molecule has 1 N–H and O–H groups in total. The molecule has 152 valence electrons. The second kappa shape index (κ2) is 8.45. The molecule has 0 bridgehead atoms. The molecule has 30 heavy (non-hydrogen) atoms. The number of nitrogens with zero attached hydrogens (tertiary/aromatic N) is 2. The maximum absolute atomic E-state index is 14.6. The first-order valence-corrected chi connectivity index (χ1v) is 8.46. The normalized spacial score (nSPS) is 10.2. The Bertz CT molecular complexity index is 1170. The maximum Gasteiger partial charge on any atom is 0.335 e. The average molecular weight is 412 g/mol. The van der Waals surface area contributed by atoms with E-state index in [0.29, 0.717) is 0 Å². The summed E-state index contributed by atoms with van der Waals surface area (Å²) in [6.45, 7) is 1.17. The first-order chi connectivity index (χ1) is 14.3. The largest absolute Gasteiger partial charge is 0.493 e. The Morgan fingerprint density at radius 3 is 2.40 bits per heavy atom. The molecular formula is C21H14F2N2O5. The third kappa shape index (κ3) is 4.12. The molecular weight excluding hydrogens is 398 g/mol. The van der Waals surface area contributed by atoms with Crippen LogP contribution in [-0.2, 0) is 0 Å². The van der Waals surface area contributed by atoms with E-state index in [-0.39, 0.29) is 28.4 Å². The van der Waals surface area contributed by atoms with E-state index in [1.165, 1.54) is 50.4 Å². The highest BCUT2D eigenvalue weighted by atomic mass is 19.1. The number of carbonyl (C=O) groups is 1. The molecule has 0 aliphatic carbocycles. The Kier molecular flexibility index (Phi) is 5.78. The van der Waals surface area contributed by atoms with Crippen LogP contribution in [0.3, 0.4) is 0 Å². The van der Waals surface area contributed by atoms with Gasteiger partial charge in [0.05, 0.1) is 24.3 Å². The molecule has 3 rings (SSSR count). The lowest BCUT2D eigenvalue weighted by atomic mass is 10.2. The van der Waals surface area contributed by atoms with Crippen LogP contribution in [0.2, 0.25) is 0 Å². The van der Waals surface area contributed by atoms with Gasteiger partial charge in [-0.05, 0) is 43.3 Å². The monoisotopic (exact) mass is 412 g/mol. The lowest BCUT2D eigenvalue weighted by Gasteiger charge is -2.14. The summed E-state index contributed by atoms with van der Waals surface area (Å²) in [6, 6.07) is 11.5. The fraction of sp³-hybridized carbons (Fsp3) is 0.0952. The summed E-state index contributed by atoms with van der Waals surface area (Å²) in [7, 11) is 1.32. The van der Waals surface area contributed by atoms with Gasteiger partial charge in [0.25, 0.3) is 11.8 Å². The fourth-order valence-electron chi connectivity index (χ4n) is 2.48. The summed E-state index contributed by atoms with van der Waals surface area (Å²) in [6.07, 6.45) is 0. The third-order valence-electron chi connectivity index (χ3n) is 4.03. The molecule has 0 spiro atoms. The molecule has 0 amide bonds. The fourth-order valence-corrected chi connectivity index (χ4v) is 2.48. The molecule has 0 atom stereocenters. The van der Waals surface area contributed by atoms with Gasteiger partial charge in [-0.2, -0.15) is 10.2 Å². The Hall–Kier alpha value is -4.19. The lowest BCUT2D eigenvalue weighted by Crippen LogP contribution is -2.04. The number of hydrogen-bond acceptors (Lipinski definition) is 6. The first-order valence-electron chi connectivity index (χ1n) is 8.46. The van der Waals surface area contributed by atoms with Gasteiger partial charge in [0.1, 0.15) is 5.75 Å². The quantitative estimate of drug-likeness (QED) is 0.619. The van der Waals surface area contributed by atoms with Crippen molar-refractivity contribution in [1.29, 1.82) is 5.26 Å². The minimum absolute atomic E-state index is 0.114. The van der Waals surface area contributed by atoms with Gasteiger partial charge in [0.2, 0.25) is 0 Å². The zero-order valence-electron chi connectivity index (χ0n) is 15.8. The zero-order valence-corrected chi connectivity index (χ0v) is 15.8. The standard InChI is InChI=1S/C21H14F2N2O5/c1-11-17(22)19(29-14-5-3-4-12(8-14)10-24)25-20(18(11)23)30-16-9-13(21(26)27)6-7-15(16)28-2/h3-9H,1-2H3,(H,26,27). The number of hydrogen-bond donors (Lipinski definition) is 1. The second-order valence-electron chi connectivity index (χ2n) is 5.99. The molecule has 2 aromatic carbocycles. The average Bonchev–Trinajstić information content (AvgIpc) is 2.75. The van der Waals surface area contributed by atoms with Crippen LogP contribution in [0.1, 0.15) is 21.5 Å². The summed E-state index contributed by atoms with van der Waals surface area (Å²) in [5.41, 5.74) is -0.270. The predicted octanol–water partition coefficient (Wildman–Crippen LogP) is 4.83. The van der Waals surface area contributed by atoms with E-state index >= 15 is 0 Å². The number of methoxy groups -OCH3 is 1. The van der Waals surface area contributed by atoms with Crippen LogP contribution >= 0.6 is 0 Å². The van der Waals surface area contributed by atoms with E-state index < -0.39 is 34.9 Å². The van der Waals surface area contributed by atoms with E-state index in [4.69, 9.17) is 24.6 Å². The maximum atomic E-state index is 14.6. The second-order valence-corrected chi connectivity index (χ2v) is 5.99. The zero-order chi connectivity index (χ0) is 21.8. The molecule has 0 aliphatic rings. The van der Waals surface area contributed by atoms with Gasteiger partial charge in [-0.1, -0.05) is 6.07 Å². The van der Waals surface area contributed by atoms with Crippen LogP contribution in [0.4, 0.5) is 8.78 Å². The van der Waals surface area contributed by atoms with Crippen LogP contribution in [0.15, 0.2) is 42.5 Å². The summed E-state index contributed by atoms with van der Waals surface area (Å²) >= 11 is 0. The summed E-state index contributed by atoms with van der Waals surface area (Å²) in [4.78, 5) is 15.0. The van der Waals surface area contributed by atoms with E-state index in [1.54, 1.807) is 0 Å². The van der Waals surface area contributed by atoms with Gasteiger partial charge in [0, 0.05) is 5.56 Å². The first kappa shape index (κ1) is 20.5. The highest BCUT2D eigenvalue weighted by molar-refractivity contribution is 5.88. The van der Waals surface area contributed by atoms with E-state index in [0.717, 1.165) is 6.07 Å². The molecule has 9 heteroatoms. The summed E-state index contributed by atoms with van der Waals surface area (Å²) in [5.74, 6) is -4.48. The van der Waals surface area contributed by atoms with Crippen molar-refractivity contribution in [3.8, 4) is 35.1 Å². The number of ether oxygens (including phenoxy) is 3. The van der Waals surface area contributed by atoms with Crippen LogP contribution in [-0.4, -0.2) is 23.2 Å². The Morgan fingerprint density at radius 1 is 1.07 bits per heavy atom. The number of pyridine rings is 1. The van der Waals surface area contributed by atoms with Crippen molar-refractivity contribution < 1.29 is 32.9 Å². The number of halogens is 2. The molecule has 0 saturated heterocycles. The van der Waals surface area contributed by atoms with Gasteiger partial charge >= 0.3 is 5.97 Å². The number of carboxylic acid groups (broad SMARTS) is 1. The number of aromatic carboxylic acids is 1. The van der Waals surface area contributed by atoms with Crippen molar-refractivity contribution in [2.24, 2.45) is 0 Å². The number of aromatic nitrogens is 1. The highest BCUT2D eigenvalue weighted by Crippen LogP contribution is 2.36. The van der Waals surface area contributed by atoms with Crippen LogP contribution < -0.4 is 14.2 Å². The van der Waals surface area contributed by atoms with Crippen molar-refractivity contribution in [2.75, 3.05) is 7.11 Å². The van der Waals surface area contributed by atoms with Gasteiger partial charge in [-0.3, -0.25) is 0 Å². The number of benzene rings is 2. The van der Waals surface area contributed by atoms with Crippen LogP contribution in [0.5, 0.6) is 29.0 Å². The molecule has 1 heterocycles. The highest BCUT2D eigenvalue weighted by Gasteiger charge is 2.22. The van der Waals surface area contributed by atoms with Crippen molar-refractivity contribution in [1.82, 2.24) is 4.98 Å². The molecule has 0 radical (unpaired) electrons. The van der Waals surface area contributed by atoms with Gasteiger partial charge in [-0.15, -0.1) is 0 Å². The van der Waals surface area contributed by atoms with E-state index in [9.17, 15) is 13.6 Å². The smallest absolute Gasteiger partial charge is 0.335 e. The summed E-state index contributed by atoms with van der Waals surface area (Å²) in [5, 5.41) is 18.1. The molecule has 0 unspecified atom stereocenters. The molecule has 7 nitrogen and oxygen atoms in total. The van der Waals surface area contributed by atoms with Gasteiger partial charge in [0.15, 0.2) is 23.1 Å². The summed E-state index contributed by atoms with van der Waals surface area (Å²) < 4.78 is 45.0. The minimum Gasteiger partial charge on any atom is -0.493 e. The Morgan fingerprint density at radius 2 is 1.77 bits per heavy atom. The minimum atomic E-state index is -1.23. The Balaban J connectivity index is 2.03. The molecule has 3 aromatic rings. The third-order valence-corrected chi connectivity index (χ3v) is 4.03. The van der Waals surface area contributed by atoms with Crippen LogP contribution in [0.25, 0.3) is 0 Å². The molecule has 0 aliphatic heterocycles. The van der Waals surface area contributed by atoms with Crippen molar-refractivity contribution in [2.45, 2.75) is 6.92 Å². The number of rotatable bonds is 6. The predicted molar refractivity (Wildman–Crippen MR) is 100 cm³/mol. The number of nitriles is 1. The number of carboxylic acids is 1. The van der Waals surface area contributed by atoms with Gasteiger partial charge in [-0.25, -0.2) is 13.6 Å².